The highest BCUT2D eigenvalue weighted by Gasteiger charge is 2.43. The first-order valence-corrected chi connectivity index (χ1v) is 10.9. The van der Waals surface area contributed by atoms with Crippen LogP contribution in [-0.4, -0.2) is 82.0 Å². The van der Waals surface area contributed by atoms with Crippen LogP contribution in [-0.2, 0) is 32.5 Å². The third-order valence-electron chi connectivity index (χ3n) is 6.07. The molecule has 0 unspecified atom stereocenters. The van der Waals surface area contributed by atoms with Crippen LogP contribution in [0.2, 0.25) is 0 Å². The number of β-amino-alcohol motifs (C(OH)–C–C–N with tert-alkyl or cyclic N) is 1. The number of fused-ring (bicyclic) bond motifs is 1. The molecule has 4 rings (SSSR count). The van der Waals surface area contributed by atoms with Crippen LogP contribution in [0.3, 0.4) is 0 Å². The first-order valence-electron chi connectivity index (χ1n) is 10.9. The van der Waals surface area contributed by atoms with Crippen molar-refractivity contribution in [2.24, 2.45) is 13.0 Å². The Kier molecular flexibility index (Phi) is 6.70. The molecular weight excluding hydrogens is 388 g/mol. The average Bonchev–Trinajstić information content (AvgIpc) is 3.47. The van der Waals surface area contributed by atoms with Crippen LogP contribution < -0.4 is 5.32 Å². The molecule has 2 saturated heterocycles. The van der Waals surface area contributed by atoms with E-state index in [1.165, 1.54) is 0 Å². The van der Waals surface area contributed by atoms with Crippen LogP contribution in [0.1, 0.15) is 37.8 Å². The normalized spacial score (nSPS) is 29.6. The van der Waals surface area contributed by atoms with Gasteiger partial charge in [-0.1, -0.05) is 0 Å². The summed E-state index contributed by atoms with van der Waals surface area (Å²) in [6.45, 7) is 1.35. The second kappa shape index (κ2) is 9.45. The van der Waals surface area contributed by atoms with Gasteiger partial charge in [0.05, 0.1) is 49.9 Å². The van der Waals surface area contributed by atoms with E-state index in [1.54, 1.807) is 6.33 Å². The number of aliphatic hydroxyl groups excluding tert-OH is 1. The maximum atomic E-state index is 12.8. The zero-order valence-electron chi connectivity index (χ0n) is 17.5. The van der Waals surface area contributed by atoms with Gasteiger partial charge >= 0.3 is 0 Å². The highest BCUT2D eigenvalue weighted by atomic mass is 16.5. The number of carbonyl (C=O) groups is 2. The average molecular weight is 421 g/mol. The Balaban J connectivity index is 1.28. The van der Waals surface area contributed by atoms with Crippen molar-refractivity contribution in [1.82, 2.24) is 19.8 Å². The fourth-order valence-electron chi connectivity index (χ4n) is 4.36. The van der Waals surface area contributed by atoms with Gasteiger partial charge < -0.3 is 29.4 Å². The third kappa shape index (κ3) is 5.39. The maximum Gasteiger partial charge on any atom is 0.226 e. The summed E-state index contributed by atoms with van der Waals surface area (Å²) in [5.74, 6) is 0.184. The number of aromatic nitrogens is 2. The number of carbonyl (C=O) groups excluding carboxylic acids is 2. The summed E-state index contributed by atoms with van der Waals surface area (Å²) in [6.07, 6.45) is 6.88. The van der Waals surface area contributed by atoms with E-state index in [0.29, 0.717) is 39.0 Å². The minimum atomic E-state index is -0.670. The van der Waals surface area contributed by atoms with Crippen LogP contribution >= 0.6 is 0 Å². The van der Waals surface area contributed by atoms with Crippen molar-refractivity contribution in [3.8, 4) is 0 Å². The lowest BCUT2D eigenvalue weighted by molar-refractivity contribution is -0.170. The van der Waals surface area contributed by atoms with Crippen molar-refractivity contribution in [2.75, 3.05) is 26.3 Å². The Labute approximate surface area is 176 Å². The molecule has 4 atom stereocenters. The van der Waals surface area contributed by atoms with Gasteiger partial charge in [-0.15, -0.1) is 0 Å². The standard InChI is InChI=1S/C21H32N4O5/c1-24-9-15(23-13-24)6-7-22-20(27)8-17-4-5-18-19(30-17)12-29-11-16(26)10-25(18)21(28)14-2-3-14/h9,13-14,16-19,26H,2-8,10-12H2,1H3,(H,22,27)/t16-,17-,18-,19+/m0/s1. The smallest absolute Gasteiger partial charge is 0.226 e. The van der Waals surface area contributed by atoms with Gasteiger partial charge in [0, 0.05) is 38.7 Å². The summed E-state index contributed by atoms with van der Waals surface area (Å²) < 4.78 is 13.7. The molecule has 1 aliphatic carbocycles. The Morgan fingerprint density at radius 3 is 2.83 bits per heavy atom. The van der Waals surface area contributed by atoms with E-state index in [0.717, 1.165) is 25.0 Å². The van der Waals surface area contributed by atoms with Crippen molar-refractivity contribution < 1.29 is 24.2 Å². The summed E-state index contributed by atoms with van der Waals surface area (Å²) in [6, 6.07) is -0.100. The molecule has 3 aliphatic rings. The Morgan fingerprint density at radius 1 is 1.27 bits per heavy atom. The minimum Gasteiger partial charge on any atom is -0.389 e. The predicted molar refractivity (Wildman–Crippen MR) is 107 cm³/mol. The second-order valence-electron chi connectivity index (χ2n) is 8.73. The maximum absolute atomic E-state index is 12.8. The molecule has 9 heteroatoms. The Bertz CT molecular complexity index is 750. The highest BCUT2D eigenvalue weighted by molar-refractivity contribution is 5.81. The van der Waals surface area contributed by atoms with Crippen LogP contribution in [0.5, 0.6) is 0 Å². The molecular formula is C21H32N4O5. The molecule has 0 bridgehead atoms. The van der Waals surface area contributed by atoms with Crippen LogP contribution in [0, 0.1) is 5.92 Å². The van der Waals surface area contributed by atoms with Crippen LogP contribution in [0.25, 0.3) is 0 Å². The van der Waals surface area contributed by atoms with Gasteiger partial charge in [-0.05, 0) is 25.7 Å². The SMILES string of the molecule is Cn1cnc(CCNC(=O)C[C@@H]2CC[C@H]3[C@@H](COC[C@@H](O)CN3C(=O)C3CC3)O2)c1. The van der Waals surface area contributed by atoms with Crippen LogP contribution in [0.15, 0.2) is 12.5 Å². The monoisotopic (exact) mass is 420 g/mol. The van der Waals surface area contributed by atoms with Gasteiger partial charge in [-0.25, -0.2) is 4.98 Å². The van der Waals surface area contributed by atoms with E-state index in [9.17, 15) is 14.7 Å². The molecule has 2 N–H and O–H groups in total. The molecule has 1 saturated carbocycles. The molecule has 166 valence electrons. The lowest BCUT2D eigenvalue weighted by Crippen LogP contribution is -2.58. The molecule has 3 heterocycles. The topological polar surface area (TPSA) is 106 Å². The molecule has 1 aromatic rings. The highest BCUT2D eigenvalue weighted by Crippen LogP contribution is 2.35. The first-order chi connectivity index (χ1) is 14.5. The molecule has 0 spiro atoms. The summed E-state index contributed by atoms with van der Waals surface area (Å²) in [5, 5.41) is 13.1. The number of amides is 2. The van der Waals surface area contributed by atoms with Gasteiger partial charge in [-0.2, -0.15) is 0 Å². The first kappa shape index (κ1) is 21.3. The Morgan fingerprint density at radius 2 is 2.10 bits per heavy atom. The van der Waals surface area contributed by atoms with E-state index in [-0.39, 0.29) is 42.6 Å². The van der Waals surface area contributed by atoms with Crippen molar-refractivity contribution >= 4 is 11.8 Å². The molecule has 30 heavy (non-hydrogen) atoms. The minimum absolute atomic E-state index is 0.0394. The van der Waals surface area contributed by atoms with Crippen molar-refractivity contribution in [3.05, 3.63) is 18.2 Å². The number of nitrogens with one attached hydrogen (secondary N) is 1. The fraction of sp³-hybridized carbons (Fsp3) is 0.762. The van der Waals surface area contributed by atoms with E-state index in [1.807, 2.05) is 22.7 Å². The number of ether oxygens (including phenoxy) is 2. The zero-order chi connectivity index (χ0) is 21.1. The lowest BCUT2D eigenvalue weighted by atomic mass is 9.94. The van der Waals surface area contributed by atoms with E-state index < -0.39 is 6.10 Å². The summed E-state index contributed by atoms with van der Waals surface area (Å²) in [4.78, 5) is 31.2. The number of nitrogens with zero attached hydrogens (tertiary/aromatic N) is 3. The van der Waals surface area contributed by atoms with Crippen molar-refractivity contribution in [3.63, 3.8) is 0 Å². The van der Waals surface area contributed by atoms with Gasteiger partial charge in [0.15, 0.2) is 0 Å². The summed E-state index contributed by atoms with van der Waals surface area (Å²) >= 11 is 0. The Hall–Kier alpha value is -1.97. The van der Waals surface area contributed by atoms with E-state index in [2.05, 4.69) is 10.3 Å². The predicted octanol–water partition coefficient (Wildman–Crippen LogP) is 0.0148. The molecule has 2 amide bonds. The number of hydrogen-bond donors (Lipinski definition) is 2. The number of aliphatic hydroxyl groups is 1. The molecule has 0 aromatic carbocycles. The number of aryl methyl sites for hydroxylation is 1. The molecule has 1 aromatic heterocycles. The summed E-state index contributed by atoms with van der Waals surface area (Å²) in [7, 11) is 1.92. The molecule has 3 fully saturated rings. The number of hydrogen-bond acceptors (Lipinski definition) is 6. The molecule has 2 aliphatic heterocycles. The lowest BCUT2D eigenvalue weighted by Gasteiger charge is -2.44. The zero-order valence-corrected chi connectivity index (χ0v) is 17.5. The van der Waals surface area contributed by atoms with Gasteiger partial charge in [0.25, 0.3) is 0 Å². The van der Waals surface area contributed by atoms with Gasteiger partial charge in [-0.3, -0.25) is 9.59 Å². The molecule has 9 nitrogen and oxygen atoms in total. The number of rotatable bonds is 6. The summed E-state index contributed by atoms with van der Waals surface area (Å²) in [5.41, 5.74) is 0.948. The van der Waals surface area contributed by atoms with E-state index >= 15 is 0 Å². The van der Waals surface area contributed by atoms with E-state index in [4.69, 9.17) is 9.47 Å². The van der Waals surface area contributed by atoms with Gasteiger partial charge in [0.1, 0.15) is 6.10 Å². The number of imidazole rings is 1. The third-order valence-corrected chi connectivity index (χ3v) is 6.07. The largest absolute Gasteiger partial charge is 0.389 e. The fourth-order valence-corrected chi connectivity index (χ4v) is 4.36. The quantitative estimate of drug-likeness (QED) is 0.672. The van der Waals surface area contributed by atoms with Crippen molar-refractivity contribution in [1.29, 1.82) is 0 Å². The van der Waals surface area contributed by atoms with Crippen LogP contribution in [0.4, 0.5) is 0 Å². The van der Waals surface area contributed by atoms with Crippen molar-refractivity contribution in [2.45, 2.75) is 62.9 Å². The van der Waals surface area contributed by atoms with Gasteiger partial charge in [0.2, 0.25) is 11.8 Å². The molecule has 0 radical (unpaired) electrons. The second-order valence-corrected chi connectivity index (χ2v) is 8.73.